The Morgan fingerprint density at radius 1 is 1.44 bits per heavy atom. The standard InChI is InChI=1S/C9H10FNO4.BrH/c10-5-1-4(2-6(11)9(14)15)3-7(12)8(5)13;/h1,3,6,12-13H,2,11H2,(H,14,15);1H. The predicted octanol–water partition coefficient (Wildman–Crippen LogP) is 0.769. The summed E-state index contributed by atoms with van der Waals surface area (Å²) in [7, 11) is 0. The molecule has 0 bridgehead atoms. The number of hydrogen-bond acceptors (Lipinski definition) is 4. The van der Waals surface area contributed by atoms with E-state index in [4.69, 9.17) is 21.1 Å². The van der Waals surface area contributed by atoms with Gasteiger partial charge in [0.2, 0.25) is 0 Å². The van der Waals surface area contributed by atoms with Gasteiger partial charge in [0.1, 0.15) is 6.04 Å². The first-order valence-corrected chi connectivity index (χ1v) is 4.10. The molecule has 1 rings (SSSR count). The first-order chi connectivity index (χ1) is 6.91. The van der Waals surface area contributed by atoms with Crippen LogP contribution in [0.3, 0.4) is 0 Å². The number of benzene rings is 1. The SMILES string of the molecule is Br.NC(Cc1cc(O)c(O)c(F)c1)C(=O)O. The highest BCUT2D eigenvalue weighted by molar-refractivity contribution is 8.93. The lowest BCUT2D eigenvalue weighted by atomic mass is 10.1. The van der Waals surface area contributed by atoms with Crippen LogP contribution < -0.4 is 5.73 Å². The highest BCUT2D eigenvalue weighted by Crippen LogP contribution is 2.29. The number of phenols is 2. The normalized spacial score (nSPS) is 11.6. The summed E-state index contributed by atoms with van der Waals surface area (Å²) in [4.78, 5) is 10.4. The van der Waals surface area contributed by atoms with Gasteiger partial charge in [0.25, 0.3) is 0 Å². The second-order valence-corrected chi connectivity index (χ2v) is 3.09. The van der Waals surface area contributed by atoms with E-state index in [-0.39, 0.29) is 29.0 Å². The number of hydrogen-bond donors (Lipinski definition) is 4. The monoisotopic (exact) mass is 295 g/mol. The molecule has 1 atom stereocenters. The van der Waals surface area contributed by atoms with Crippen LogP contribution in [0.5, 0.6) is 11.5 Å². The molecule has 90 valence electrons. The summed E-state index contributed by atoms with van der Waals surface area (Å²) < 4.78 is 12.9. The Hall–Kier alpha value is -1.34. The van der Waals surface area contributed by atoms with Crippen molar-refractivity contribution in [3.05, 3.63) is 23.5 Å². The molecule has 0 aromatic heterocycles. The van der Waals surface area contributed by atoms with Gasteiger partial charge < -0.3 is 21.1 Å². The molecule has 16 heavy (non-hydrogen) atoms. The van der Waals surface area contributed by atoms with E-state index in [1.165, 1.54) is 0 Å². The van der Waals surface area contributed by atoms with E-state index in [2.05, 4.69) is 0 Å². The number of aromatic hydroxyl groups is 2. The maximum Gasteiger partial charge on any atom is 0.320 e. The van der Waals surface area contributed by atoms with E-state index in [1.54, 1.807) is 0 Å². The van der Waals surface area contributed by atoms with Crippen LogP contribution in [-0.4, -0.2) is 27.3 Å². The molecule has 0 amide bonds. The molecule has 1 aromatic carbocycles. The fourth-order valence-electron chi connectivity index (χ4n) is 1.10. The lowest BCUT2D eigenvalue weighted by molar-refractivity contribution is -0.138. The molecule has 0 spiro atoms. The molecule has 0 saturated heterocycles. The summed E-state index contributed by atoms with van der Waals surface area (Å²) in [5.74, 6) is -3.73. The van der Waals surface area contributed by atoms with E-state index >= 15 is 0 Å². The Balaban J connectivity index is 0.00000225. The Kier molecular flexibility index (Phi) is 5.19. The molecule has 1 unspecified atom stereocenters. The van der Waals surface area contributed by atoms with Crippen LogP contribution in [0.2, 0.25) is 0 Å². The molecule has 0 aliphatic heterocycles. The van der Waals surface area contributed by atoms with Crippen LogP contribution in [0.15, 0.2) is 12.1 Å². The van der Waals surface area contributed by atoms with Gasteiger partial charge in [-0.05, 0) is 24.1 Å². The predicted molar refractivity (Wildman–Crippen MR) is 59.4 cm³/mol. The molecular formula is C9H11BrFNO4. The van der Waals surface area contributed by atoms with Crippen molar-refractivity contribution in [1.29, 1.82) is 0 Å². The van der Waals surface area contributed by atoms with E-state index in [9.17, 15) is 9.18 Å². The zero-order valence-corrected chi connectivity index (χ0v) is 9.77. The van der Waals surface area contributed by atoms with Gasteiger partial charge >= 0.3 is 5.97 Å². The minimum absolute atomic E-state index is 0. The third-order valence-corrected chi connectivity index (χ3v) is 1.88. The topological polar surface area (TPSA) is 104 Å². The molecule has 0 saturated carbocycles. The summed E-state index contributed by atoms with van der Waals surface area (Å²) in [5.41, 5.74) is 5.43. The van der Waals surface area contributed by atoms with Crippen molar-refractivity contribution in [2.75, 3.05) is 0 Å². The van der Waals surface area contributed by atoms with Crippen molar-refractivity contribution < 1.29 is 24.5 Å². The van der Waals surface area contributed by atoms with Crippen molar-refractivity contribution >= 4 is 23.0 Å². The van der Waals surface area contributed by atoms with Gasteiger partial charge in [0.15, 0.2) is 17.3 Å². The molecule has 0 aliphatic carbocycles. The molecular weight excluding hydrogens is 285 g/mol. The van der Waals surface area contributed by atoms with E-state index in [0.717, 1.165) is 12.1 Å². The molecule has 1 aromatic rings. The van der Waals surface area contributed by atoms with Crippen molar-refractivity contribution in [1.82, 2.24) is 0 Å². The smallest absolute Gasteiger partial charge is 0.320 e. The van der Waals surface area contributed by atoms with Gasteiger partial charge in [-0.2, -0.15) is 0 Å². The molecule has 0 aliphatic rings. The first-order valence-electron chi connectivity index (χ1n) is 4.10. The summed E-state index contributed by atoms with van der Waals surface area (Å²) in [6.07, 6.45) is -0.125. The summed E-state index contributed by atoms with van der Waals surface area (Å²) in [5, 5.41) is 26.5. The van der Waals surface area contributed by atoms with E-state index in [0.29, 0.717) is 0 Å². The minimum Gasteiger partial charge on any atom is -0.504 e. The lowest BCUT2D eigenvalue weighted by Crippen LogP contribution is -2.32. The van der Waals surface area contributed by atoms with Crippen LogP contribution in [0.4, 0.5) is 4.39 Å². The van der Waals surface area contributed by atoms with Gasteiger partial charge in [-0.1, -0.05) is 0 Å². The van der Waals surface area contributed by atoms with Crippen molar-refractivity contribution in [2.45, 2.75) is 12.5 Å². The number of rotatable bonds is 3. The molecule has 0 fully saturated rings. The van der Waals surface area contributed by atoms with Crippen molar-refractivity contribution in [3.63, 3.8) is 0 Å². The highest BCUT2D eigenvalue weighted by atomic mass is 79.9. The number of phenolic OH excluding ortho intramolecular Hbond substituents is 2. The molecule has 5 nitrogen and oxygen atoms in total. The number of carbonyl (C=O) groups is 1. The van der Waals surface area contributed by atoms with Crippen LogP contribution in [0.25, 0.3) is 0 Å². The number of nitrogens with two attached hydrogens (primary N) is 1. The van der Waals surface area contributed by atoms with Gasteiger partial charge in [-0.15, -0.1) is 17.0 Å². The van der Waals surface area contributed by atoms with Gasteiger partial charge in [0, 0.05) is 0 Å². The van der Waals surface area contributed by atoms with Crippen LogP contribution >= 0.6 is 17.0 Å². The Bertz CT molecular complexity index is 376. The number of halogens is 2. The first kappa shape index (κ1) is 14.7. The Morgan fingerprint density at radius 3 is 2.44 bits per heavy atom. The average molecular weight is 296 g/mol. The zero-order valence-electron chi connectivity index (χ0n) is 8.05. The van der Waals surface area contributed by atoms with Crippen LogP contribution in [-0.2, 0) is 11.2 Å². The third-order valence-electron chi connectivity index (χ3n) is 1.88. The summed E-state index contributed by atoms with van der Waals surface area (Å²) in [6, 6.07) is 0.826. The van der Waals surface area contributed by atoms with Crippen LogP contribution in [0, 0.1) is 5.82 Å². The maximum absolute atomic E-state index is 12.9. The van der Waals surface area contributed by atoms with Crippen molar-refractivity contribution in [2.24, 2.45) is 5.73 Å². The second-order valence-electron chi connectivity index (χ2n) is 3.09. The number of carboxylic acid groups (broad SMARTS) is 1. The maximum atomic E-state index is 12.9. The Morgan fingerprint density at radius 2 is 2.00 bits per heavy atom. The third kappa shape index (κ3) is 3.35. The molecule has 0 radical (unpaired) electrons. The molecule has 5 N–H and O–H groups in total. The van der Waals surface area contributed by atoms with E-state index < -0.39 is 29.3 Å². The largest absolute Gasteiger partial charge is 0.504 e. The quantitative estimate of drug-likeness (QED) is 0.617. The number of carboxylic acids is 1. The van der Waals surface area contributed by atoms with E-state index in [1.807, 2.05) is 0 Å². The Labute approximate surface area is 101 Å². The molecule has 0 heterocycles. The lowest BCUT2D eigenvalue weighted by Gasteiger charge is -2.07. The van der Waals surface area contributed by atoms with Crippen LogP contribution in [0.1, 0.15) is 5.56 Å². The average Bonchev–Trinajstić information content (AvgIpc) is 2.13. The van der Waals surface area contributed by atoms with Gasteiger partial charge in [-0.3, -0.25) is 4.79 Å². The highest BCUT2D eigenvalue weighted by Gasteiger charge is 2.15. The van der Waals surface area contributed by atoms with Crippen molar-refractivity contribution in [3.8, 4) is 11.5 Å². The summed E-state index contributed by atoms with van der Waals surface area (Å²) in [6.45, 7) is 0. The zero-order chi connectivity index (χ0) is 11.6. The second kappa shape index (κ2) is 5.66. The summed E-state index contributed by atoms with van der Waals surface area (Å²) >= 11 is 0. The van der Waals surface area contributed by atoms with Gasteiger partial charge in [-0.25, -0.2) is 4.39 Å². The fraction of sp³-hybridized carbons (Fsp3) is 0.222. The number of aliphatic carboxylic acids is 1. The minimum atomic E-state index is -1.22. The molecule has 7 heteroatoms. The van der Waals surface area contributed by atoms with Gasteiger partial charge in [0.05, 0.1) is 0 Å². The fourth-order valence-corrected chi connectivity index (χ4v) is 1.10.